The molecule has 2 heterocycles. The van der Waals surface area contributed by atoms with E-state index < -0.39 is 6.04 Å². The van der Waals surface area contributed by atoms with Crippen LogP contribution in [0.25, 0.3) is 0 Å². The molecule has 0 aliphatic carbocycles. The van der Waals surface area contributed by atoms with Gasteiger partial charge in [0.25, 0.3) is 5.91 Å². The zero-order chi connectivity index (χ0) is 25.1. The van der Waals surface area contributed by atoms with E-state index in [-0.39, 0.29) is 5.91 Å². The number of aryl methyl sites for hydroxylation is 1. The van der Waals surface area contributed by atoms with Gasteiger partial charge < -0.3 is 15.4 Å². The van der Waals surface area contributed by atoms with Crippen molar-refractivity contribution in [2.45, 2.75) is 30.8 Å². The van der Waals surface area contributed by atoms with E-state index in [0.29, 0.717) is 22.4 Å². The predicted molar refractivity (Wildman–Crippen MR) is 143 cm³/mol. The van der Waals surface area contributed by atoms with Crippen LogP contribution in [-0.2, 0) is 10.5 Å². The molecule has 36 heavy (non-hydrogen) atoms. The molecule has 0 bridgehead atoms. The average Bonchev–Trinajstić information content (AvgIpc) is 3.30. The normalized spacial score (nSPS) is 14.7. The summed E-state index contributed by atoms with van der Waals surface area (Å²) in [6.45, 7) is 3.96. The molecule has 0 saturated heterocycles. The van der Waals surface area contributed by atoms with Gasteiger partial charge in [0.05, 0.1) is 12.7 Å². The van der Waals surface area contributed by atoms with Crippen LogP contribution in [0.5, 0.6) is 5.75 Å². The number of anilines is 2. The Morgan fingerprint density at radius 3 is 2.61 bits per heavy atom. The number of hydrogen-bond donors (Lipinski definition) is 2. The molecule has 0 saturated carbocycles. The second-order valence-electron chi connectivity index (χ2n) is 8.55. The van der Waals surface area contributed by atoms with Crippen molar-refractivity contribution in [1.82, 2.24) is 14.8 Å². The van der Waals surface area contributed by atoms with Crippen LogP contribution in [0.15, 0.2) is 95.3 Å². The minimum absolute atomic E-state index is 0.175. The third-order valence-electron chi connectivity index (χ3n) is 6.09. The lowest BCUT2D eigenvalue weighted by Crippen LogP contribution is -2.31. The molecule has 2 N–H and O–H groups in total. The Morgan fingerprint density at radius 1 is 1.06 bits per heavy atom. The summed E-state index contributed by atoms with van der Waals surface area (Å²) < 4.78 is 7.16. The van der Waals surface area contributed by atoms with Crippen molar-refractivity contribution >= 4 is 29.3 Å². The van der Waals surface area contributed by atoms with Crippen molar-refractivity contribution in [2.24, 2.45) is 0 Å². The molecule has 5 rings (SSSR count). The lowest BCUT2D eigenvalue weighted by Gasteiger charge is -2.29. The highest BCUT2D eigenvalue weighted by molar-refractivity contribution is 7.98. The van der Waals surface area contributed by atoms with Crippen molar-refractivity contribution in [1.29, 1.82) is 0 Å². The van der Waals surface area contributed by atoms with Gasteiger partial charge in [0.1, 0.15) is 11.8 Å². The minimum Gasteiger partial charge on any atom is -0.497 e. The van der Waals surface area contributed by atoms with Crippen LogP contribution in [0, 0.1) is 6.92 Å². The van der Waals surface area contributed by atoms with E-state index in [1.807, 2.05) is 78.3 Å². The third kappa shape index (κ3) is 4.85. The number of hydrogen-bond acceptors (Lipinski definition) is 6. The van der Waals surface area contributed by atoms with Crippen LogP contribution >= 0.6 is 11.8 Å². The largest absolute Gasteiger partial charge is 0.497 e. The van der Waals surface area contributed by atoms with Gasteiger partial charge in [0.15, 0.2) is 0 Å². The molecule has 0 fully saturated rings. The number of methoxy groups -OCH3 is 1. The van der Waals surface area contributed by atoms with Crippen molar-refractivity contribution in [3.8, 4) is 5.75 Å². The zero-order valence-corrected chi connectivity index (χ0v) is 21.2. The molecule has 7 nitrogen and oxygen atoms in total. The molecule has 3 aromatic carbocycles. The number of ether oxygens (including phenoxy) is 1. The Morgan fingerprint density at radius 2 is 1.83 bits per heavy atom. The Bertz CT molecular complexity index is 1430. The maximum Gasteiger partial charge on any atom is 0.255 e. The van der Waals surface area contributed by atoms with Crippen molar-refractivity contribution < 1.29 is 9.53 Å². The Labute approximate surface area is 214 Å². The van der Waals surface area contributed by atoms with Gasteiger partial charge in [-0.05, 0) is 54.8 Å². The SMILES string of the molecule is COc1cccc(CSc2nc3n(n2)[C@H](c2ccccc2C)C(C(=O)Nc2ccccc2)=C(C)N3)c1. The second kappa shape index (κ2) is 10.3. The zero-order valence-electron chi connectivity index (χ0n) is 20.4. The number of nitrogens with one attached hydrogen (secondary N) is 2. The van der Waals surface area contributed by atoms with Gasteiger partial charge in [-0.1, -0.05) is 66.4 Å². The number of carbonyl (C=O) groups excluding carboxylic acids is 1. The maximum absolute atomic E-state index is 13.6. The van der Waals surface area contributed by atoms with Gasteiger partial charge in [-0.25, -0.2) is 4.68 Å². The summed E-state index contributed by atoms with van der Waals surface area (Å²) in [5.41, 5.74) is 5.30. The fourth-order valence-electron chi connectivity index (χ4n) is 4.30. The topological polar surface area (TPSA) is 81.1 Å². The van der Waals surface area contributed by atoms with Crippen LogP contribution in [0.1, 0.15) is 29.7 Å². The molecule has 1 aromatic heterocycles. The number of nitrogens with zero attached hydrogens (tertiary/aromatic N) is 3. The van der Waals surface area contributed by atoms with E-state index in [1.54, 1.807) is 18.9 Å². The smallest absolute Gasteiger partial charge is 0.255 e. The molecule has 182 valence electrons. The Kier molecular flexibility index (Phi) is 6.77. The van der Waals surface area contributed by atoms with Gasteiger partial charge in [-0.15, -0.1) is 5.10 Å². The van der Waals surface area contributed by atoms with Crippen LogP contribution in [0.3, 0.4) is 0 Å². The number of amides is 1. The van der Waals surface area contributed by atoms with E-state index in [0.717, 1.165) is 33.8 Å². The summed E-state index contributed by atoms with van der Waals surface area (Å²) in [7, 11) is 1.66. The number of rotatable bonds is 7. The van der Waals surface area contributed by atoms with E-state index in [1.165, 1.54) is 0 Å². The number of benzene rings is 3. The quantitative estimate of drug-likeness (QED) is 0.314. The Hall–Kier alpha value is -4.04. The number of fused-ring (bicyclic) bond motifs is 1. The molecule has 4 aromatic rings. The third-order valence-corrected chi connectivity index (χ3v) is 7.00. The first-order valence-corrected chi connectivity index (χ1v) is 12.6. The van der Waals surface area contributed by atoms with E-state index in [9.17, 15) is 4.79 Å². The lowest BCUT2D eigenvalue weighted by atomic mass is 9.92. The summed E-state index contributed by atoms with van der Waals surface area (Å²) in [6, 6.07) is 25.1. The van der Waals surface area contributed by atoms with Gasteiger partial charge in [-0.2, -0.15) is 4.98 Å². The number of para-hydroxylation sites is 1. The van der Waals surface area contributed by atoms with Gasteiger partial charge >= 0.3 is 0 Å². The first kappa shape index (κ1) is 23.7. The molecule has 0 radical (unpaired) electrons. The number of carbonyl (C=O) groups is 1. The number of allylic oxidation sites excluding steroid dienone is 1. The first-order chi connectivity index (χ1) is 17.5. The molecule has 1 atom stereocenters. The summed E-state index contributed by atoms with van der Waals surface area (Å²) in [4.78, 5) is 18.3. The molecule has 1 aliphatic heterocycles. The summed E-state index contributed by atoms with van der Waals surface area (Å²) in [6.07, 6.45) is 0. The van der Waals surface area contributed by atoms with Gasteiger partial charge in [0, 0.05) is 17.1 Å². The summed E-state index contributed by atoms with van der Waals surface area (Å²) in [5, 5.41) is 11.8. The maximum atomic E-state index is 13.6. The van der Waals surface area contributed by atoms with E-state index in [2.05, 4.69) is 29.7 Å². The average molecular weight is 498 g/mol. The van der Waals surface area contributed by atoms with Crippen molar-refractivity contribution in [2.75, 3.05) is 17.7 Å². The summed E-state index contributed by atoms with van der Waals surface area (Å²) >= 11 is 1.54. The van der Waals surface area contributed by atoms with Crippen LogP contribution in [0.2, 0.25) is 0 Å². The standard InChI is InChI=1S/C28H27N5O2S/c1-18-10-7-8-15-23(18)25-24(26(34)30-21-12-5-4-6-13-21)19(2)29-27-31-28(32-33(25)27)36-17-20-11-9-14-22(16-20)35-3/h4-16,25H,17H2,1-3H3,(H,30,34)(H,29,31,32)/t25-/m1/s1. The highest BCUT2D eigenvalue weighted by Gasteiger charge is 2.35. The molecule has 8 heteroatoms. The number of thioether (sulfide) groups is 1. The predicted octanol–water partition coefficient (Wildman–Crippen LogP) is 5.82. The molecule has 1 aliphatic rings. The van der Waals surface area contributed by atoms with Gasteiger partial charge in [-0.3, -0.25) is 4.79 Å². The van der Waals surface area contributed by atoms with Crippen molar-refractivity contribution in [3.63, 3.8) is 0 Å². The fourth-order valence-corrected chi connectivity index (χ4v) is 5.07. The first-order valence-electron chi connectivity index (χ1n) is 11.7. The molecule has 0 spiro atoms. The van der Waals surface area contributed by atoms with E-state index >= 15 is 0 Å². The molecular weight excluding hydrogens is 470 g/mol. The van der Waals surface area contributed by atoms with E-state index in [4.69, 9.17) is 14.8 Å². The number of aromatic nitrogens is 3. The molecular formula is C28H27N5O2S. The van der Waals surface area contributed by atoms with Crippen molar-refractivity contribution in [3.05, 3.63) is 107 Å². The highest BCUT2D eigenvalue weighted by atomic mass is 32.2. The highest BCUT2D eigenvalue weighted by Crippen LogP contribution is 2.38. The fraction of sp³-hybridized carbons (Fsp3) is 0.179. The molecule has 1 amide bonds. The van der Waals surface area contributed by atoms with Crippen LogP contribution in [-0.4, -0.2) is 27.8 Å². The Balaban J connectivity index is 1.48. The summed E-state index contributed by atoms with van der Waals surface area (Å²) in [5.74, 6) is 1.96. The second-order valence-corrected chi connectivity index (χ2v) is 9.49. The minimum atomic E-state index is -0.412. The monoisotopic (exact) mass is 497 g/mol. The van der Waals surface area contributed by atoms with Gasteiger partial charge in [0.2, 0.25) is 11.1 Å². The lowest BCUT2D eigenvalue weighted by molar-refractivity contribution is -0.113. The van der Waals surface area contributed by atoms with Crippen LogP contribution < -0.4 is 15.4 Å². The van der Waals surface area contributed by atoms with Crippen LogP contribution in [0.4, 0.5) is 11.6 Å². The molecule has 0 unspecified atom stereocenters.